The number of hydrogen-bond donors (Lipinski definition) is 4. The van der Waals surface area contributed by atoms with E-state index in [4.69, 9.17) is 9.47 Å². The number of carbonyl (C=O) groups is 3. The minimum absolute atomic E-state index is 0.0830. The van der Waals surface area contributed by atoms with Crippen molar-refractivity contribution < 1.29 is 29.0 Å². The van der Waals surface area contributed by atoms with Gasteiger partial charge in [0.25, 0.3) is 0 Å². The molecule has 0 heterocycles. The Morgan fingerprint density at radius 3 is 1.71 bits per heavy atom. The number of carboxylic acids is 1. The third-order valence-corrected chi connectivity index (χ3v) is 11.1. The Morgan fingerprint density at radius 2 is 1.15 bits per heavy atom. The predicted molar refractivity (Wildman–Crippen MR) is 229 cm³/mol. The van der Waals surface area contributed by atoms with E-state index in [1.54, 1.807) is 7.11 Å². The molecule has 4 N–H and O–H groups in total. The molecule has 0 bridgehead atoms. The van der Waals surface area contributed by atoms with Gasteiger partial charge in [0.1, 0.15) is 24.4 Å². The molecule has 2 amide bonds. The Morgan fingerprint density at radius 1 is 0.627 bits per heavy atom. The molecule has 300 valence electrons. The highest BCUT2D eigenvalue weighted by Crippen LogP contribution is 2.44. The topological polar surface area (TPSA) is 126 Å². The number of fused-ring (bicyclic) bond motifs is 3. The molecule has 6 aromatic rings. The normalized spacial score (nSPS) is 13.0. The Labute approximate surface area is 345 Å². The molecular weight excluding hydrogens is 739 g/mol. The summed E-state index contributed by atoms with van der Waals surface area (Å²) in [6, 6.07) is 51.7. The molecule has 6 aromatic carbocycles. The standard InChI is InChI=1S/C50H49N3O6/c1-58-39-30-28-38(29-31-39)50(36-19-7-3-8-20-36,37-21-9-4-10-22-37)51-32-16-15-27-45(48(55)56)52-47(54)46(33-35-17-5-2-6-18-35)53-49(57)59-34-44-42-25-13-11-23-40(42)41-24-12-14-26-43(41)44/h2-14,17-26,28-31,44-46,51H,15-16,27,32-34H2,1H3,(H,52,54)(H,53,57)(H,55,56)/t45?,46-/m0/s1. The van der Waals surface area contributed by atoms with Gasteiger partial charge in [-0.25, -0.2) is 9.59 Å². The van der Waals surface area contributed by atoms with E-state index in [9.17, 15) is 19.5 Å². The molecule has 2 atom stereocenters. The number of rotatable bonds is 18. The molecule has 9 heteroatoms. The largest absolute Gasteiger partial charge is 0.497 e. The fourth-order valence-corrected chi connectivity index (χ4v) is 8.14. The zero-order valence-corrected chi connectivity index (χ0v) is 33.1. The van der Waals surface area contributed by atoms with Gasteiger partial charge in [0.15, 0.2) is 0 Å². The molecule has 0 radical (unpaired) electrons. The van der Waals surface area contributed by atoms with E-state index in [0.29, 0.717) is 19.4 Å². The lowest BCUT2D eigenvalue weighted by Crippen LogP contribution is -2.52. The third kappa shape index (κ3) is 9.37. The average molecular weight is 788 g/mol. The molecule has 7 rings (SSSR count). The van der Waals surface area contributed by atoms with E-state index in [0.717, 1.165) is 50.3 Å². The van der Waals surface area contributed by atoms with Gasteiger partial charge < -0.3 is 25.2 Å². The molecule has 0 aliphatic heterocycles. The van der Waals surface area contributed by atoms with E-state index < -0.39 is 35.6 Å². The minimum atomic E-state index is -1.17. The fraction of sp³-hybridized carbons (Fsp3) is 0.220. The van der Waals surface area contributed by atoms with Crippen LogP contribution in [0.2, 0.25) is 0 Å². The highest BCUT2D eigenvalue weighted by Gasteiger charge is 2.36. The second kappa shape index (κ2) is 19.2. The van der Waals surface area contributed by atoms with Crippen LogP contribution in [0, 0.1) is 0 Å². The Kier molecular flexibility index (Phi) is 13.1. The molecule has 0 fully saturated rings. The van der Waals surface area contributed by atoms with Crippen LogP contribution in [-0.4, -0.2) is 55.4 Å². The summed E-state index contributed by atoms with van der Waals surface area (Å²) in [6.45, 7) is 0.635. The Bertz CT molecular complexity index is 2230. The number of benzene rings is 6. The molecule has 1 aliphatic rings. The summed E-state index contributed by atoms with van der Waals surface area (Å²) < 4.78 is 11.2. The van der Waals surface area contributed by atoms with E-state index in [2.05, 4.69) is 64.5 Å². The van der Waals surface area contributed by atoms with E-state index in [1.807, 2.05) is 115 Å². The second-order valence-electron chi connectivity index (χ2n) is 14.7. The van der Waals surface area contributed by atoms with Gasteiger partial charge in [-0.05, 0) is 82.4 Å². The first kappa shape index (κ1) is 40.5. The van der Waals surface area contributed by atoms with Crippen LogP contribution in [0.5, 0.6) is 5.75 Å². The zero-order valence-electron chi connectivity index (χ0n) is 33.1. The number of ether oxygens (including phenoxy) is 2. The molecule has 1 unspecified atom stereocenters. The zero-order chi connectivity index (χ0) is 41.0. The van der Waals surface area contributed by atoms with Gasteiger partial charge in [-0.2, -0.15) is 0 Å². The van der Waals surface area contributed by atoms with E-state index in [-0.39, 0.29) is 25.4 Å². The van der Waals surface area contributed by atoms with Gasteiger partial charge in [-0.15, -0.1) is 0 Å². The first-order valence-electron chi connectivity index (χ1n) is 20.1. The second-order valence-corrected chi connectivity index (χ2v) is 14.7. The number of amides is 2. The average Bonchev–Trinajstić information content (AvgIpc) is 3.60. The molecule has 1 aliphatic carbocycles. The summed E-state index contributed by atoms with van der Waals surface area (Å²) in [6.07, 6.45) is 0.730. The van der Waals surface area contributed by atoms with Gasteiger partial charge >= 0.3 is 12.1 Å². The van der Waals surface area contributed by atoms with Crippen LogP contribution in [0.15, 0.2) is 164 Å². The molecule has 0 saturated carbocycles. The van der Waals surface area contributed by atoms with E-state index in [1.165, 1.54) is 0 Å². The first-order chi connectivity index (χ1) is 28.9. The number of carboxylic acid groups (broad SMARTS) is 1. The van der Waals surface area contributed by atoms with Gasteiger partial charge in [0.05, 0.1) is 12.6 Å². The summed E-state index contributed by atoms with van der Waals surface area (Å²) in [7, 11) is 1.65. The SMILES string of the molecule is COc1ccc(C(NCCCCC(NC(=O)[C@H](Cc2ccccc2)NC(=O)OCC2c3ccccc3-c3ccccc32)C(=O)O)(c2ccccc2)c2ccccc2)cc1. The van der Waals surface area contributed by atoms with Gasteiger partial charge in [0, 0.05) is 12.3 Å². The fourth-order valence-electron chi connectivity index (χ4n) is 8.14. The van der Waals surface area contributed by atoms with Crippen molar-refractivity contribution in [3.63, 3.8) is 0 Å². The number of methoxy groups -OCH3 is 1. The van der Waals surface area contributed by atoms with Gasteiger partial charge in [-0.3, -0.25) is 10.1 Å². The summed E-state index contributed by atoms with van der Waals surface area (Å²) in [4.78, 5) is 39.8. The predicted octanol–water partition coefficient (Wildman–Crippen LogP) is 8.47. The lowest BCUT2D eigenvalue weighted by atomic mass is 9.77. The lowest BCUT2D eigenvalue weighted by Gasteiger charge is -2.37. The van der Waals surface area contributed by atoms with Crippen molar-refractivity contribution in [2.24, 2.45) is 0 Å². The number of unbranched alkanes of at least 4 members (excludes halogenated alkanes) is 1. The maximum Gasteiger partial charge on any atom is 0.407 e. The van der Waals surface area contributed by atoms with Crippen LogP contribution in [0.3, 0.4) is 0 Å². The van der Waals surface area contributed by atoms with Crippen molar-refractivity contribution in [3.05, 3.63) is 197 Å². The number of hydrogen-bond acceptors (Lipinski definition) is 6. The van der Waals surface area contributed by atoms with E-state index >= 15 is 0 Å². The first-order valence-corrected chi connectivity index (χ1v) is 20.1. The molecule has 0 aromatic heterocycles. The van der Waals surface area contributed by atoms with Crippen molar-refractivity contribution in [3.8, 4) is 16.9 Å². The Balaban J connectivity index is 1.01. The van der Waals surface area contributed by atoms with Crippen LogP contribution in [0.4, 0.5) is 4.79 Å². The van der Waals surface area contributed by atoms with Crippen LogP contribution in [0.25, 0.3) is 11.1 Å². The van der Waals surface area contributed by atoms with Crippen LogP contribution < -0.4 is 20.7 Å². The van der Waals surface area contributed by atoms with Crippen molar-refractivity contribution >= 4 is 18.0 Å². The maximum absolute atomic E-state index is 13.9. The van der Waals surface area contributed by atoms with Crippen molar-refractivity contribution in [2.45, 2.75) is 49.2 Å². The molecule has 0 spiro atoms. The van der Waals surface area contributed by atoms with Gasteiger partial charge in [-0.1, -0.05) is 152 Å². The van der Waals surface area contributed by atoms with Crippen molar-refractivity contribution in [1.82, 2.24) is 16.0 Å². The maximum atomic E-state index is 13.9. The summed E-state index contributed by atoms with van der Waals surface area (Å²) >= 11 is 0. The molecule has 59 heavy (non-hydrogen) atoms. The minimum Gasteiger partial charge on any atom is -0.497 e. The number of alkyl carbamates (subject to hydrolysis) is 1. The van der Waals surface area contributed by atoms with Crippen LogP contribution in [-0.2, 0) is 26.3 Å². The smallest absolute Gasteiger partial charge is 0.407 e. The summed E-state index contributed by atoms with van der Waals surface area (Å²) in [5.74, 6) is -1.14. The summed E-state index contributed by atoms with van der Waals surface area (Å²) in [5.41, 5.74) is 7.61. The van der Waals surface area contributed by atoms with Crippen LogP contribution in [0.1, 0.15) is 58.6 Å². The molecular formula is C50H49N3O6. The molecule has 0 saturated heterocycles. The molecule has 9 nitrogen and oxygen atoms in total. The van der Waals surface area contributed by atoms with Crippen molar-refractivity contribution in [2.75, 3.05) is 20.3 Å². The van der Waals surface area contributed by atoms with Gasteiger partial charge in [0.2, 0.25) is 5.91 Å². The van der Waals surface area contributed by atoms with Crippen LogP contribution >= 0.6 is 0 Å². The number of nitrogens with one attached hydrogen (secondary N) is 3. The third-order valence-electron chi connectivity index (χ3n) is 11.1. The van der Waals surface area contributed by atoms with Crippen molar-refractivity contribution in [1.29, 1.82) is 0 Å². The quantitative estimate of drug-likeness (QED) is 0.0509. The monoisotopic (exact) mass is 787 g/mol. The highest BCUT2D eigenvalue weighted by molar-refractivity contribution is 5.89. The Hall–Kier alpha value is -6.71. The number of carbonyl (C=O) groups excluding carboxylic acids is 2. The lowest BCUT2D eigenvalue weighted by molar-refractivity contribution is -0.142. The highest BCUT2D eigenvalue weighted by atomic mass is 16.5. The number of aliphatic carboxylic acids is 1. The summed E-state index contributed by atoms with van der Waals surface area (Å²) in [5, 5.41) is 19.6.